The van der Waals surface area contributed by atoms with E-state index in [1.165, 1.54) is 0 Å². The fourth-order valence-corrected chi connectivity index (χ4v) is 3.57. The van der Waals surface area contributed by atoms with Crippen LogP contribution in [0, 0.1) is 5.92 Å². The number of carbonyl (C=O) groups is 2. The molecule has 1 fully saturated rings. The molecule has 28 heavy (non-hydrogen) atoms. The number of nitrogens with zero attached hydrogens (tertiary/aromatic N) is 2. The molecule has 0 bridgehead atoms. The van der Waals surface area contributed by atoms with Crippen LogP contribution in [0.25, 0.3) is 0 Å². The van der Waals surface area contributed by atoms with Gasteiger partial charge < -0.3 is 14.5 Å². The van der Waals surface area contributed by atoms with Gasteiger partial charge in [-0.1, -0.05) is 32.0 Å². The lowest BCUT2D eigenvalue weighted by Crippen LogP contribution is -2.38. The third kappa shape index (κ3) is 4.71. The van der Waals surface area contributed by atoms with Gasteiger partial charge in [0.2, 0.25) is 11.8 Å². The zero-order valence-electron chi connectivity index (χ0n) is 16.6. The molecule has 148 valence electrons. The smallest absolute Gasteiger partial charge is 0.228 e. The first-order valence-electron chi connectivity index (χ1n) is 10.0. The highest BCUT2D eigenvalue weighted by Gasteiger charge is 2.36. The Balaban J connectivity index is 1.65. The molecular weight excluding hydrogens is 352 g/mol. The zero-order chi connectivity index (χ0) is 19.9. The van der Waals surface area contributed by atoms with Crippen molar-refractivity contribution in [3.63, 3.8) is 0 Å². The van der Waals surface area contributed by atoms with Gasteiger partial charge in [0.05, 0.1) is 5.92 Å². The second-order valence-electron chi connectivity index (χ2n) is 7.14. The minimum atomic E-state index is -0.258. The lowest BCUT2D eigenvalue weighted by atomic mass is 10.1. The van der Waals surface area contributed by atoms with Crippen LogP contribution in [0.3, 0.4) is 0 Å². The van der Waals surface area contributed by atoms with Crippen LogP contribution in [-0.2, 0) is 9.59 Å². The van der Waals surface area contributed by atoms with Crippen LogP contribution in [-0.4, -0.2) is 36.3 Å². The minimum Gasteiger partial charge on any atom is -0.457 e. The summed E-state index contributed by atoms with van der Waals surface area (Å²) < 4.78 is 5.80. The Labute approximate surface area is 166 Å². The molecule has 0 aromatic heterocycles. The molecular formula is C23H28N2O3. The Morgan fingerprint density at radius 2 is 1.61 bits per heavy atom. The Morgan fingerprint density at radius 3 is 2.21 bits per heavy atom. The van der Waals surface area contributed by atoms with Gasteiger partial charge in [0.1, 0.15) is 11.5 Å². The molecule has 2 aromatic rings. The van der Waals surface area contributed by atoms with Gasteiger partial charge in [-0.3, -0.25) is 9.59 Å². The van der Waals surface area contributed by atoms with Crippen LogP contribution >= 0.6 is 0 Å². The largest absolute Gasteiger partial charge is 0.457 e. The number of para-hydroxylation sites is 1. The maximum absolute atomic E-state index is 12.8. The van der Waals surface area contributed by atoms with Crippen molar-refractivity contribution in [2.45, 2.75) is 33.1 Å². The summed E-state index contributed by atoms with van der Waals surface area (Å²) in [4.78, 5) is 29.0. The maximum atomic E-state index is 12.8. The van der Waals surface area contributed by atoms with Gasteiger partial charge in [-0.25, -0.2) is 0 Å². The first-order valence-corrected chi connectivity index (χ1v) is 10.0. The van der Waals surface area contributed by atoms with E-state index >= 15 is 0 Å². The summed E-state index contributed by atoms with van der Waals surface area (Å²) >= 11 is 0. The molecule has 1 aliphatic heterocycles. The Morgan fingerprint density at radius 1 is 1.00 bits per heavy atom. The van der Waals surface area contributed by atoms with Crippen LogP contribution in [0.4, 0.5) is 5.69 Å². The highest BCUT2D eigenvalue weighted by Crippen LogP contribution is 2.29. The van der Waals surface area contributed by atoms with Crippen LogP contribution in [0.5, 0.6) is 11.5 Å². The molecule has 2 amide bonds. The number of anilines is 1. The summed E-state index contributed by atoms with van der Waals surface area (Å²) in [6.07, 6.45) is 2.14. The summed E-state index contributed by atoms with van der Waals surface area (Å²) in [6, 6.07) is 17.0. The van der Waals surface area contributed by atoms with Crippen molar-refractivity contribution in [1.82, 2.24) is 4.90 Å². The summed E-state index contributed by atoms with van der Waals surface area (Å²) in [5.74, 6) is 1.33. The normalized spacial score (nSPS) is 16.3. The zero-order valence-corrected chi connectivity index (χ0v) is 16.6. The van der Waals surface area contributed by atoms with E-state index < -0.39 is 0 Å². The molecule has 1 unspecified atom stereocenters. The molecule has 0 saturated carbocycles. The van der Waals surface area contributed by atoms with Crippen LogP contribution in [0.2, 0.25) is 0 Å². The quantitative estimate of drug-likeness (QED) is 0.678. The number of hydrogen-bond donors (Lipinski definition) is 0. The van der Waals surface area contributed by atoms with Crippen molar-refractivity contribution in [2.24, 2.45) is 5.92 Å². The lowest BCUT2D eigenvalue weighted by molar-refractivity contribution is -0.135. The first kappa shape index (κ1) is 19.9. The van der Waals surface area contributed by atoms with Gasteiger partial charge >= 0.3 is 0 Å². The van der Waals surface area contributed by atoms with Crippen molar-refractivity contribution < 1.29 is 14.3 Å². The summed E-state index contributed by atoms with van der Waals surface area (Å²) in [5.41, 5.74) is 0.804. The monoisotopic (exact) mass is 380 g/mol. The van der Waals surface area contributed by atoms with Gasteiger partial charge in [0, 0.05) is 31.7 Å². The predicted molar refractivity (Wildman–Crippen MR) is 111 cm³/mol. The number of benzene rings is 2. The fourth-order valence-electron chi connectivity index (χ4n) is 3.57. The van der Waals surface area contributed by atoms with E-state index in [9.17, 15) is 9.59 Å². The number of ether oxygens (including phenoxy) is 1. The number of rotatable bonds is 8. The second kappa shape index (κ2) is 9.40. The summed E-state index contributed by atoms with van der Waals surface area (Å²) in [5, 5.41) is 0. The van der Waals surface area contributed by atoms with Gasteiger partial charge in [-0.2, -0.15) is 0 Å². The van der Waals surface area contributed by atoms with Gasteiger partial charge in [-0.15, -0.1) is 0 Å². The van der Waals surface area contributed by atoms with Crippen LogP contribution in [0.15, 0.2) is 54.6 Å². The van der Waals surface area contributed by atoms with Crippen molar-refractivity contribution in [2.75, 3.05) is 24.5 Å². The van der Waals surface area contributed by atoms with E-state index in [2.05, 4.69) is 13.8 Å². The molecule has 1 saturated heterocycles. The first-order chi connectivity index (χ1) is 13.6. The Hall–Kier alpha value is -2.82. The standard InChI is InChI=1S/C23H28N2O3/c1-3-14-24(15-4-2)23(27)18-16-22(26)25(17-18)19-10-12-21(13-11-19)28-20-8-6-5-7-9-20/h5-13,18H,3-4,14-17H2,1-2H3. The minimum absolute atomic E-state index is 0.00280. The molecule has 1 aliphatic rings. The predicted octanol–water partition coefficient (Wildman–Crippen LogP) is 4.48. The molecule has 5 nitrogen and oxygen atoms in total. The summed E-state index contributed by atoms with van der Waals surface area (Å²) in [6.45, 7) is 6.09. The van der Waals surface area contributed by atoms with Gasteiger partial charge in [0.25, 0.3) is 0 Å². The molecule has 0 spiro atoms. The molecule has 2 aromatic carbocycles. The SMILES string of the molecule is CCCN(CCC)C(=O)C1CC(=O)N(c2ccc(Oc3ccccc3)cc2)C1. The molecule has 0 aliphatic carbocycles. The lowest BCUT2D eigenvalue weighted by Gasteiger charge is -2.24. The summed E-state index contributed by atoms with van der Waals surface area (Å²) in [7, 11) is 0. The Bertz CT molecular complexity index is 783. The van der Waals surface area contributed by atoms with E-state index in [1.807, 2.05) is 59.5 Å². The second-order valence-corrected chi connectivity index (χ2v) is 7.14. The van der Waals surface area contributed by atoms with E-state index in [1.54, 1.807) is 4.90 Å². The maximum Gasteiger partial charge on any atom is 0.228 e. The Kier molecular flexibility index (Phi) is 6.69. The number of hydrogen-bond acceptors (Lipinski definition) is 3. The van der Waals surface area contributed by atoms with E-state index in [-0.39, 0.29) is 24.2 Å². The average Bonchev–Trinajstić information content (AvgIpc) is 3.10. The third-order valence-electron chi connectivity index (χ3n) is 4.90. The third-order valence-corrected chi connectivity index (χ3v) is 4.90. The van der Waals surface area contributed by atoms with Crippen LogP contribution in [0.1, 0.15) is 33.1 Å². The van der Waals surface area contributed by atoms with Crippen LogP contribution < -0.4 is 9.64 Å². The van der Waals surface area contributed by atoms with E-state index in [4.69, 9.17) is 4.74 Å². The fraction of sp³-hybridized carbons (Fsp3) is 0.391. The van der Waals surface area contributed by atoms with Gasteiger partial charge in [-0.05, 0) is 49.2 Å². The molecule has 1 heterocycles. The topological polar surface area (TPSA) is 49.9 Å². The van der Waals surface area contributed by atoms with E-state index in [0.29, 0.717) is 12.3 Å². The van der Waals surface area contributed by atoms with Crippen molar-refractivity contribution >= 4 is 17.5 Å². The molecule has 3 rings (SSSR count). The molecule has 5 heteroatoms. The van der Waals surface area contributed by atoms with Gasteiger partial charge in [0.15, 0.2) is 0 Å². The number of carbonyl (C=O) groups excluding carboxylic acids is 2. The van der Waals surface area contributed by atoms with Crippen molar-refractivity contribution in [1.29, 1.82) is 0 Å². The van der Waals surface area contributed by atoms with Crippen molar-refractivity contribution in [3.8, 4) is 11.5 Å². The molecule has 0 radical (unpaired) electrons. The van der Waals surface area contributed by atoms with Crippen molar-refractivity contribution in [3.05, 3.63) is 54.6 Å². The average molecular weight is 380 g/mol. The highest BCUT2D eigenvalue weighted by molar-refractivity contribution is 6.00. The molecule has 0 N–H and O–H groups in total. The molecule has 1 atom stereocenters. The highest BCUT2D eigenvalue weighted by atomic mass is 16.5. The van der Waals surface area contributed by atoms with E-state index in [0.717, 1.165) is 37.4 Å². The number of amides is 2.